The van der Waals surface area contributed by atoms with E-state index in [0.717, 1.165) is 20.7 Å². The molecule has 0 aliphatic carbocycles. The van der Waals surface area contributed by atoms with Crippen molar-refractivity contribution in [1.29, 1.82) is 0 Å². The number of amides is 2. The number of carbonyl (C=O) groups is 2. The molecule has 0 atom stereocenters. The third-order valence-electron chi connectivity index (χ3n) is 4.54. The number of nitrogens with one attached hydrogen (secondary N) is 2. The molecule has 2 amide bonds. The number of rotatable bonds is 8. The molecule has 0 saturated carbocycles. The summed E-state index contributed by atoms with van der Waals surface area (Å²) in [5.74, 6) is -0.456. The number of tetrazole rings is 2. The molecule has 0 unspecified atom stereocenters. The highest BCUT2D eigenvalue weighted by molar-refractivity contribution is 5.96. The van der Waals surface area contributed by atoms with Gasteiger partial charge in [0.2, 0.25) is 35.1 Å². The van der Waals surface area contributed by atoms with E-state index in [1.165, 1.54) is 0 Å². The van der Waals surface area contributed by atoms with Crippen LogP contribution in [0.4, 0.5) is 11.6 Å². The van der Waals surface area contributed by atoms with Crippen molar-refractivity contribution in [2.45, 2.75) is 13.1 Å². The minimum absolute atomic E-state index is 0.0803. The van der Waals surface area contributed by atoms with Gasteiger partial charge in [0.25, 0.3) is 0 Å². The van der Waals surface area contributed by atoms with Gasteiger partial charge in [-0.3, -0.25) is 9.59 Å². The van der Waals surface area contributed by atoms with Crippen LogP contribution in [-0.2, 0) is 22.7 Å². The fourth-order valence-electron chi connectivity index (χ4n) is 2.98. The van der Waals surface area contributed by atoms with Gasteiger partial charge in [0, 0.05) is 11.1 Å². The van der Waals surface area contributed by atoms with E-state index in [2.05, 4.69) is 56.4 Å². The second-order valence-electron chi connectivity index (χ2n) is 7.08. The molecule has 0 fully saturated rings. The normalized spacial score (nSPS) is 10.7. The number of carbonyl (C=O) groups excluding carboxylic acids is 2. The lowest BCUT2D eigenvalue weighted by Gasteiger charge is -2.04. The van der Waals surface area contributed by atoms with Crippen LogP contribution in [0.25, 0.3) is 22.8 Å². The number of anilines is 2. The van der Waals surface area contributed by atoms with Gasteiger partial charge in [-0.15, -0.1) is 20.4 Å². The number of nitrogens with zero attached hydrogens (tertiary/aromatic N) is 10. The van der Waals surface area contributed by atoms with E-state index < -0.39 is 11.8 Å². The minimum atomic E-state index is -0.529. The van der Waals surface area contributed by atoms with E-state index >= 15 is 0 Å². The van der Waals surface area contributed by atoms with Crippen molar-refractivity contribution >= 4 is 23.5 Å². The fraction of sp³-hybridized carbons (Fsp3) is 0.100. The van der Waals surface area contributed by atoms with Gasteiger partial charge in [-0.1, -0.05) is 60.7 Å². The van der Waals surface area contributed by atoms with Crippen LogP contribution in [0.1, 0.15) is 0 Å². The second-order valence-corrected chi connectivity index (χ2v) is 7.08. The lowest BCUT2D eigenvalue weighted by molar-refractivity contribution is -0.118. The first-order valence-electron chi connectivity index (χ1n) is 10.2. The van der Waals surface area contributed by atoms with Gasteiger partial charge in [0.15, 0.2) is 0 Å². The van der Waals surface area contributed by atoms with E-state index in [4.69, 9.17) is 0 Å². The molecule has 0 aliphatic rings. The highest BCUT2D eigenvalue weighted by atomic mass is 16.6. The summed E-state index contributed by atoms with van der Waals surface area (Å²) in [6, 6.07) is 18.4. The van der Waals surface area contributed by atoms with Crippen molar-refractivity contribution in [2.24, 2.45) is 0 Å². The first-order chi connectivity index (χ1) is 17.1. The Bertz CT molecular complexity index is 1340. The monoisotopic (exact) mass is 472 g/mol. The molecule has 5 rings (SSSR count). The first-order valence-corrected chi connectivity index (χ1v) is 10.2. The largest absolute Gasteiger partial charge is 0.303 e. The van der Waals surface area contributed by atoms with Crippen molar-refractivity contribution in [2.75, 3.05) is 10.6 Å². The number of hydrogen-bond acceptors (Lipinski definition) is 11. The summed E-state index contributed by atoms with van der Waals surface area (Å²) < 4.78 is 4.64. The van der Waals surface area contributed by atoms with E-state index in [-0.39, 0.29) is 24.7 Å². The average molecular weight is 472 g/mol. The van der Waals surface area contributed by atoms with E-state index in [0.29, 0.717) is 11.6 Å². The van der Waals surface area contributed by atoms with Crippen molar-refractivity contribution in [1.82, 2.24) is 50.7 Å². The molecule has 0 radical (unpaired) electrons. The zero-order valence-electron chi connectivity index (χ0n) is 17.9. The van der Waals surface area contributed by atoms with Crippen molar-refractivity contribution in [3.8, 4) is 22.8 Å². The second kappa shape index (κ2) is 9.65. The van der Waals surface area contributed by atoms with Gasteiger partial charge in [-0.25, -0.2) is 4.63 Å². The summed E-state index contributed by atoms with van der Waals surface area (Å²) in [7, 11) is 0. The molecule has 3 aromatic heterocycles. The summed E-state index contributed by atoms with van der Waals surface area (Å²) in [6.45, 7) is -0.490. The summed E-state index contributed by atoms with van der Waals surface area (Å²) in [5, 5.41) is 36.1. The SMILES string of the molecule is O=C(Cn1nnc(-c2ccccc2)n1)Nc1nonc1NC(=O)Cn1nnc(-c2ccccc2)n1. The summed E-state index contributed by atoms with van der Waals surface area (Å²) in [6.07, 6.45) is 0. The fourth-order valence-corrected chi connectivity index (χ4v) is 2.98. The summed E-state index contributed by atoms with van der Waals surface area (Å²) in [5.41, 5.74) is 1.53. The van der Waals surface area contributed by atoms with Gasteiger partial charge in [0.05, 0.1) is 0 Å². The molecule has 35 heavy (non-hydrogen) atoms. The number of benzene rings is 2. The van der Waals surface area contributed by atoms with E-state index in [1.54, 1.807) is 0 Å². The smallest absolute Gasteiger partial charge is 0.249 e. The maximum Gasteiger partial charge on any atom is 0.249 e. The molecule has 0 bridgehead atoms. The zero-order chi connectivity index (χ0) is 24.0. The van der Waals surface area contributed by atoms with Crippen LogP contribution in [0.15, 0.2) is 65.3 Å². The quantitative estimate of drug-likeness (QED) is 0.323. The molecule has 15 heteroatoms. The molecule has 3 heterocycles. The molecule has 15 nitrogen and oxygen atoms in total. The molecule has 2 aromatic carbocycles. The van der Waals surface area contributed by atoms with Crippen LogP contribution in [0.2, 0.25) is 0 Å². The summed E-state index contributed by atoms with van der Waals surface area (Å²) in [4.78, 5) is 27.1. The predicted molar refractivity (Wildman–Crippen MR) is 118 cm³/mol. The maximum absolute atomic E-state index is 12.4. The molecular weight excluding hydrogens is 456 g/mol. The van der Waals surface area contributed by atoms with Crippen molar-refractivity contribution < 1.29 is 14.2 Å². The standard InChI is InChI=1S/C20H16N12O3/c33-15(11-31-25-17(23-29-31)13-7-3-1-4-8-13)21-19-20(28-35-27-19)22-16(34)12-32-26-18(24-30-32)14-9-5-2-6-10-14/h1-10H,11-12H2,(H,21,27,33)(H,22,28,34). The van der Waals surface area contributed by atoms with E-state index in [9.17, 15) is 9.59 Å². The lowest BCUT2D eigenvalue weighted by Crippen LogP contribution is -2.23. The molecule has 5 aromatic rings. The molecule has 2 N–H and O–H groups in total. The molecule has 0 aliphatic heterocycles. The molecule has 0 saturated heterocycles. The maximum atomic E-state index is 12.4. The van der Waals surface area contributed by atoms with Crippen molar-refractivity contribution in [3.63, 3.8) is 0 Å². The topological polar surface area (TPSA) is 184 Å². The first kappa shape index (κ1) is 21.5. The van der Waals surface area contributed by atoms with Crippen molar-refractivity contribution in [3.05, 3.63) is 60.7 Å². The Morgan fingerprint density at radius 2 is 1.11 bits per heavy atom. The third-order valence-corrected chi connectivity index (χ3v) is 4.54. The minimum Gasteiger partial charge on any atom is -0.303 e. The molecular formula is C20H16N12O3. The third kappa shape index (κ3) is 5.19. The molecule has 0 spiro atoms. The van der Waals surface area contributed by atoms with Gasteiger partial charge in [0.1, 0.15) is 13.1 Å². The zero-order valence-corrected chi connectivity index (χ0v) is 17.9. The van der Waals surface area contributed by atoms with Gasteiger partial charge in [-0.05, 0) is 20.7 Å². The van der Waals surface area contributed by atoms with Crippen LogP contribution in [0.5, 0.6) is 0 Å². The highest BCUT2D eigenvalue weighted by Gasteiger charge is 2.18. The highest BCUT2D eigenvalue weighted by Crippen LogP contribution is 2.16. The predicted octanol–water partition coefficient (Wildman–Crippen LogP) is 0.654. The Morgan fingerprint density at radius 3 is 1.54 bits per heavy atom. The van der Waals surface area contributed by atoms with Crippen LogP contribution in [0.3, 0.4) is 0 Å². The lowest BCUT2D eigenvalue weighted by atomic mass is 10.2. The Kier molecular flexibility index (Phi) is 5.93. The van der Waals surface area contributed by atoms with Crippen LogP contribution in [0, 0.1) is 0 Å². The van der Waals surface area contributed by atoms with E-state index in [1.807, 2.05) is 60.7 Å². The van der Waals surface area contributed by atoms with Crippen LogP contribution < -0.4 is 10.6 Å². The van der Waals surface area contributed by atoms with Crippen LogP contribution in [-0.4, -0.2) is 62.5 Å². The van der Waals surface area contributed by atoms with Crippen LogP contribution >= 0.6 is 0 Å². The Hall–Kier alpha value is -5.34. The molecule has 174 valence electrons. The van der Waals surface area contributed by atoms with Gasteiger partial charge < -0.3 is 10.6 Å². The Labute approximate surface area is 196 Å². The Balaban J connectivity index is 1.17. The average Bonchev–Trinajstić information content (AvgIpc) is 3.63. The summed E-state index contributed by atoms with van der Waals surface area (Å²) >= 11 is 0. The Morgan fingerprint density at radius 1 is 0.686 bits per heavy atom. The number of aromatic nitrogens is 10. The van der Waals surface area contributed by atoms with Gasteiger partial charge >= 0.3 is 0 Å². The van der Waals surface area contributed by atoms with Gasteiger partial charge in [-0.2, -0.15) is 9.59 Å². The number of hydrogen-bond donors (Lipinski definition) is 2.